The normalized spacial score (nSPS) is 12.5. The summed E-state index contributed by atoms with van der Waals surface area (Å²) in [7, 11) is 0. The highest BCUT2D eigenvalue weighted by Gasteiger charge is 2.18. The van der Waals surface area contributed by atoms with Crippen molar-refractivity contribution < 1.29 is 0 Å². The minimum Gasteiger partial charge on any atom is -0.348 e. The van der Waals surface area contributed by atoms with Crippen LogP contribution in [0, 0.1) is 6.92 Å². The van der Waals surface area contributed by atoms with Crippen LogP contribution in [-0.2, 0) is 6.42 Å². The van der Waals surface area contributed by atoms with Crippen molar-refractivity contribution in [1.29, 1.82) is 0 Å². The third-order valence-electron chi connectivity index (χ3n) is 3.19. The second-order valence-electron chi connectivity index (χ2n) is 4.66. The van der Waals surface area contributed by atoms with Crippen molar-refractivity contribution >= 4 is 0 Å². The number of aromatic amines is 1. The number of nitrogens with two attached hydrogens (primary N) is 1. The molecule has 20 heavy (non-hydrogen) atoms. The summed E-state index contributed by atoms with van der Waals surface area (Å²) >= 11 is 0. The van der Waals surface area contributed by atoms with Gasteiger partial charge in [0.15, 0.2) is 5.82 Å². The minimum absolute atomic E-state index is 0.239. The Balaban J connectivity index is 1.94. The molecule has 2 aromatic heterocycles. The van der Waals surface area contributed by atoms with Crippen molar-refractivity contribution in [3.05, 3.63) is 60.2 Å². The number of hydrogen-bond donors (Lipinski definition) is 2. The van der Waals surface area contributed by atoms with E-state index in [1.807, 2.05) is 41.8 Å². The molecule has 1 aromatic carbocycles. The maximum Gasteiger partial charge on any atom is 0.154 e. The van der Waals surface area contributed by atoms with Gasteiger partial charge in [0.1, 0.15) is 5.82 Å². The second-order valence-corrected chi connectivity index (χ2v) is 4.66. The van der Waals surface area contributed by atoms with Crippen LogP contribution in [0.3, 0.4) is 0 Å². The van der Waals surface area contributed by atoms with Crippen LogP contribution in [0.4, 0.5) is 0 Å². The van der Waals surface area contributed by atoms with Crippen LogP contribution in [-0.4, -0.2) is 24.7 Å². The van der Waals surface area contributed by atoms with Crippen LogP contribution >= 0.6 is 0 Å². The first-order valence-corrected chi connectivity index (χ1v) is 6.46. The lowest BCUT2D eigenvalue weighted by Crippen LogP contribution is -2.19. The Morgan fingerprint density at radius 2 is 2.05 bits per heavy atom. The molecule has 0 spiro atoms. The van der Waals surface area contributed by atoms with E-state index in [0.717, 1.165) is 23.0 Å². The zero-order chi connectivity index (χ0) is 13.9. The van der Waals surface area contributed by atoms with E-state index >= 15 is 0 Å². The number of hydrogen-bond acceptors (Lipinski definition) is 4. The fourth-order valence-electron chi connectivity index (χ4n) is 2.24. The SMILES string of the molecule is Cc1nnc([C@@H](N)Cc2cnc[nH]2)n1-c1ccccc1. The Labute approximate surface area is 116 Å². The van der Waals surface area contributed by atoms with Crippen molar-refractivity contribution in [3.63, 3.8) is 0 Å². The van der Waals surface area contributed by atoms with Crippen LogP contribution in [0.5, 0.6) is 0 Å². The number of aromatic nitrogens is 5. The highest BCUT2D eigenvalue weighted by Crippen LogP contribution is 2.19. The number of aryl methyl sites for hydroxylation is 1. The molecule has 0 radical (unpaired) electrons. The van der Waals surface area contributed by atoms with Gasteiger partial charge in [-0.05, 0) is 19.1 Å². The van der Waals surface area contributed by atoms with Crippen LogP contribution in [0.2, 0.25) is 0 Å². The van der Waals surface area contributed by atoms with Gasteiger partial charge in [-0.15, -0.1) is 10.2 Å². The van der Waals surface area contributed by atoms with Gasteiger partial charge in [0.05, 0.1) is 12.4 Å². The monoisotopic (exact) mass is 268 g/mol. The maximum absolute atomic E-state index is 6.27. The van der Waals surface area contributed by atoms with Crippen LogP contribution < -0.4 is 5.73 Å². The molecule has 0 amide bonds. The van der Waals surface area contributed by atoms with Crippen molar-refractivity contribution in [2.75, 3.05) is 0 Å². The molecule has 2 heterocycles. The largest absolute Gasteiger partial charge is 0.348 e. The highest BCUT2D eigenvalue weighted by molar-refractivity contribution is 5.34. The van der Waals surface area contributed by atoms with E-state index in [-0.39, 0.29) is 6.04 Å². The molecule has 0 saturated heterocycles. The van der Waals surface area contributed by atoms with Gasteiger partial charge in [-0.3, -0.25) is 4.57 Å². The van der Waals surface area contributed by atoms with Crippen molar-refractivity contribution in [1.82, 2.24) is 24.7 Å². The molecular formula is C14H16N6. The van der Waals surface area contributed by atoms with Gasteiger partial charge in [-0.1, -0.05) is 18.2 Å². The second kappa shape index (κ2) is 5.26. The molecule has 6 nitrogen and oxygen atoms in total. The van der Waals surface area contributed by atoms with Crippen molar-refractivity contribution in [2.24, 2.45) is 5.73 Å². The average molecular weight is 268 g/mol. The lowest BCUT2D eigenvalue weighted by Gasteiger charge is -2.13. The van der Waals surface area contributed by atoms with Gasteiger partial charge < -0.3 is 10.7 Å². The molecular weight excluding hydrogens is 252 g/mol. The zero-order valence-electron chi connectivity index (χ0n) is 11.2. The summed E-state index contributed by atoms with van der Waals surface area (Å²) in [5.41, 5.74) is 8.27. The van der Waals surface area contributed by atoms with Gasteiger partial charge in [0.2, 0.25) is 0 Å². The molecule has 0 fully saturated rings. The van der Waals surface area contributed by atoms with Gasteiger partial charge in [-0.25, -0.2) is 4.98 Å². The van der Waals surface area contributed by atoms with Gasteiger partial charge in [0.25, 0.3) is 0 Å². The Morgan fingerprint density at radius 1 is 1.25 bits per heavy atom. The fourth-order valence-corrected chi connectivity index (χ4v) is 2.24. The highest BCUT2D eigenvalue weighted by atomic mass is 15.3. The molecule has 3 N–H and O–H groups in total. The molecule has 3 aromatic rings. The summed E-state index contributed by atoms with van der Waals surface area (Å²) in [6, 6.07) is 9.74. The summed E-state index contributed by atoms with van der Waals surface area (Å²) in [5.74, 6) is 1.58. The number of H-pyrrole nitrogens is 1. The van der Waals surface area contributed by atoms with E-state index in [9.17, 15) is 0 Å². The topological polar surface area (TPSA) is 85.4 Å². The number of nitrogens with zero attached hydrogens (tertiary/aromatic N) is 4. The quantitative estimate of drug-likeness (QED) is 0.751. The first kappa shape index (κ1) is 12.6. The zero-order valence-corrected chi connectivity index (χ0v) is 11.2. The average Bonchev–Trinajstić information content (AvgIpc) is 3.09. The van der Waals surface area contributed by atoms with Crippen molar-refractivity contribution in [3.8, 4) is 5.69 Å². The van der Waals surface area contributed by atoms with E-state index in [0.29, 0.717) is 6.42 Å². The predicted molar refractivity (Wildman–Crippen MR) is 75.3 cm³/mol. The number of imidazole rings is 1. The van der Waals surface area contributed by atoms with Gasteiger partial charge in [0, 0.05) is 24.0 Å². The van der Waals surface area contributed by atoms with Crippen LogP contribution in [0.1, 0.15) is 23.4 Å². The first-order valence-electron chi connectivity index (χ1n) is 6.46. The molecule has 0 aliphatic carbocycles. The lowest BCUT2D eigenvalue weighted by molar-refractivity contribution is 0.641. The van der Waals surface area contributed by atoms with E-state index < -0.39 is 0 Å². The van der Waals surface area contributed by atoms with Crippen molar-refractivity contribution in [2.45, 2.75) is 19.4 Å². The summed E-state index contributed by atoms with van der Waals surface area (Å²) in [6.45, 7) is 1.92. The third-order valence-corrected chi connectivity index (χ3v) is 3.19. The van der Waals surface area contributed by atoms with Gasteiger partial charge >= 0.3 is 0 Å². The van der Waals surface area contributed by atoms with Crippen LogP contribution in [0.25, 0.3) is 5.69 Å². The Hall–Kier alpha value is -2.47. The number of benzene rings is 1. The lowest BCUT2D eigenvalue weighted by atomic mass is 10.1. The van der Waals surface area contributed by atoms with E-state index in [2.05, 4.69) is 20.2 Å². The van der Waals surface area contributed by atoms with Crippen LogP contribution in [0.15, 0.2) is 42.9 Å². The molecule has 0 bridgehead atoms. The standard InChI is InChI=1S/C14H16N6/c1-10-18-19-14(13(15)7-11-8-16-9-17-11)20(10)12-5-3-2-4-6-12/h2-6,8-9,13H,7,15H2,1H3,(H,16,17)/t13-/m0/s1. The Bertz CT molecular complexity index is 671. The molecule has 1 atom stereocenters. The fraction of sp³-hybridized carbons (Fsp3) is 0.214. The number of rotatable bonds is 4. The summed E-state index contributed by atoms with van der Waals surface area (Å²) in [6.07, 6.45) is 4.07. The molecule has 3 rings (SSSR count). The molecule has 0 saturated carbocycles. The molecule has 0 aliphatic rings. The van der Waals surface area contributed by atoms with Gasteiger partial charge in [-0.2, -0.15) is 0 Å². The molecule has 0 unspecified atom stereocenters. The minimum atomic E-state index is -0.239. The van der Waals surface area contributed by atoms with E-state index in [4.69, 9.17) is 5.73 Å². The number of para-hydroxylation sites is 1. The third kappa shape index (κ3) is 2.33. The van der Waals surface area contributed by atoms with E-state index in [1.54, 1.807) is 12.5 Å². The molecule has 102 valence electrons. The van der Waals surface area contributed by atoms with E-state index in [1.165, 1.54) is 0 Å². The summed E-state index contributed by atoms with van der Waals surface area (Å²) in [5, 5.41) is 8.38. The summed E-state index contributed by atoms with van der Waals surface area (Å²) in [4.78, 5) is 7.06. The smallest absolute Gasteiger partial charge is 0.154 e. The Morgan fingerprint density at radius 3 is 2.75 bits per heavy atom. The Kier molecular flexibility index (Phi) is 3.30. The first-order chi connectivity index (χ1) is 9.75. The molecule has 6 heteroatoms. The predicted octanol–water partition coefficient (Wildman–Crippen LogP) is 1.54. The maximum atomic E-state index is 6.27. The summed E-state index contributed by atoms with van der Waals surface area (Å²) < 4.78 is 1.99. The number of nitrogens with one attached hydrogen (secondary N) is 1. The molecule has 0 aliphatic heterocycles.